The molecule has 6 nitrogen and oxygen atoms in total. The van der Waals surface area contributed by atoms with Gasteiger partial charge in [-0.3, -0.25) is 9.59 Å². The molecular formula is C19H18N4O2. The SMILES string of the molecule is Cc1cc(C)cc(NC(=O)c2cc(C(N)=O)n(-c3ccccc3)n2)c1. The fourth-order valence-electron chi connectivity index (χ4n) is 2.68. The Balaban J connectivity index is 1.94. The van der Waals surface area contributed by atoms with E-state index in [-0.39, 0.29) is 11.4 Å². The van der Waals surface area contributed by atoms with Crippen LogP contribution in [0.2, 0.25) is 0 Å². The molecule has 0 aliphatic carbocycles. The maximum absolute atomic E-state index is 12.5. The highest BCUT2D eigenvalue weighted by Crippen LogP contribution is 2.17. The van der Waals surface area contributed by atoms with E-state index >= 15 is 0 Å². The van der Waals surface area contributed by atoms with Crippen LogP contribution in [-0.4, -0.2) is 21.6 Å². The van der Waals surface area contributed by atoms with Crippen molar-refractivity contribution < 1.29 is 9.59 Å². The maximum Gasteiger partial charge on any atom is 0.276 e. The maximum atomic E-state index is 12.5. The summed E-state index contributed by atoms with van der Waals surface area (Å²) in [5, 5.41) is 7.05. The average molecular weight is 334 g/mol. The number of hydrogen-bond donors (Lipinski definition) is 2. The first-order chi connectivity index (χ1) is 11.9. The summed E-state index contributed by atoms with van der Waals surface area (Å²) < 4.78 is 1.37. The van der Waals surface area contributed by atoms with Gasteiger partial charge >= 0.3 is 0 Å². The highest BCUT2D eigenvalue weighted by Gasteiger charge is 2.18. The first-order valence-electron chi connectivity index (χ1n) is 7.79. The third kappa shape index (κ3) is 3.58. The van der Waals surface area contributed by atoms with Crippen LogP contribution in [0, 0.1) is 13.8 Å². The van der Waals surface area contributed by atoms with E-state index in [1.165, 1.54) is 10.7 Å². The van der Waals surface area contributed by atoms with Gasteiger partial charge in [0.1, 0.15) is 5.69 Å². The Morgan fingerprint density at radius 2 is 1.64 bits per heavy atom. The highest BCUT2D eigenvalue weighted by molar-refractivity contribution is 6.04. The van der Waals surface area contributed by atoms with E-state index in [0.717, 1.165) is 11.1 Å². The van der Waals surface area contributed by atoms with Crippen molar-refractivity contribution in [1.29, 1.82) is 0 Å². The van der Waals surface area contributed by atoms with Crippen molar-refractivity contribution in [2.24, 2.45) is 5.73 Å². The molecule has 0 atom stereocenters. The first-order valence-corrected chi connectivity index (χ1v) is 7.79. The fourth-order valence-corrected chi connectivity index (χ4v) is 2.68. The van der Waals surface area contributed by atoms with Crippen LogP contribution in [-0.2, 0) is 0 Å². The Morgan fingerprint density at radius 1 is 1.00 bits per heavy atom. The van der Waals surface area contributed by atoms with Crippen LogP contribution >= 0.6 is 0 Å². The second-order valence-electron chi connectivity index (χ2n) is 5.86. The Labute approximate surface area is 145 Å². The summed E-state index contributed by atoms with van der Waals surface area (Å²) in [5.41, 5.74) is 9.12. The molecule has 0 aliphatic heterocycles. The van der Waals surface area contributed by atoms with Crippen LogP contribution in [0.4, 0.5) is 5.69 Å². The molecule has 25 heavy (non-hydrogen) atoms. The quantitative estimate of drug-likeness (QED) is 0.769. The molecule has 2 amide bonds. The zero-order valence-corrected chi connectivity index (χ0v) is 14.0. The number of nitrogens with one attached hydrogen (secondary N) is 1. The minimum atomic E-state index is -0.651. The van der Waals surface area contributed by atoms with E-state index in [1.54, 1.807) is 12.1 Å². The molecule has 0 bridgehead atoms. The van der Waals surface area contributed by atoms with Crippen LogP contribution in [0.3, 0.4) is 0 Å². The van der Waals surface area contributed by atoms with E-state index in [9.17, 15) is 9.59 Å². The third-order valence-corrected chi connectivity index (χ3v) is 3.67. The molecule has 3 N–H and O–H groups in total. The number of carbonyl (C=O) groups excluding carboxylic acids is 2. The molecule has 1 heterocycles. The Morgan fingerprint density at radius 3 is 2.24 bits per heavy atom. The minimum Gasteiger partial charge on any atom is -0.364 e. The number of nitrogens with two attached hydrogens (primary N) is 1. The van der Waals surface area contributed by atoms with E-state index in [4.69, 9.17) is 5.73 Å². The van der Waals surface area contributed by atoms with E-state index in [0.29, 0.717) is 11.4 Å². The van der Waals surface area contributed by atoms with Gasteiger partial charge in [0.05, 0.1) is 5.69 Å². The first kappa shape index (κ1) is 16.4. The number of anilines is 1. The normalized spacial score (nSPS) is 10.5. The van der Waals surface area contributed by atoms with Crippen molar-refractivity contribution in [3.63, 3.8) is 0 Å². The lowest BCUT2D eigenvalue weighted by molar-refractivity contribution is 0.0991. The van der Waals surface area contributed by atoms with Gasteiger partial charge in [0.2, 0.25) is 0 Å². The van der Waals surface area contributed by atoms with Gasteiger partial charge in [-0.15, -0.1) is 0 Å². The van der Waals surface area contributed by atoms with Gasteiger partial charge in [-0.05, 0) is 49.2 Å². The number of aromatic nitrogens is 2. The van der Waals surface area contributed by atoms with Gasteiger partial charge in [0.25, 0.3) is 11.8 Å². The molecule has 3 rings (SSSR count). The zero-order chi connectivity index (χ0) is 18.0. The van der Waals surface area contributed by atoms with Gasteiger partial charge in [0, 0.05) is 11.8 Å². The lowest BCUT2D eigenvalue weighted by atomic mass is 10.1. The lowest BCUT2D eigenvalue weighted by Gasteiger charge is -2.06. The van der Waals surface area contributed by atoms with Gasteiger partial charge in [-0.1, -0.05) is 24.3 Å². The van der Waals surface area contributed by atoms with Crippen LogP contribution in [0.5, 0.6) is 0 Å². The summed E-state index contributed by atoms with van der Waals surface area (Å²) in [6.45, 7) is 3.91. The molecular weight excluding hydrogens is 316 g/mol. The molecule has 0 spiro atoms. The number of aryl methyl sites for hydroxylation is 2. The van der Waals surface area contributed by atoms with Crippen LogP contribution in [0.25, 0.3) is 5.69 Å². The third-order valence-electron chi connectivity index (χ3n) is 3.67. The number of carbonyl (C=O) groups is 2. The van der Waals surface area contributed by atoms with Gasteiger partial charge in [-0.2, -0.15) is 5.10 Å². The Hall–Kier alpha value is -3.41. The predicted octanol–water partition coefficient (Wildman–Crippen LogP) is 2.84. The summed E-state index contributed by atoms with van der Waals surface area (Å²) in [5.74, 6) is -1.05. The number of nitrogens with zero attached hydrogens (tertiary/aromatic N) is 2. The standard InChI is InChI=1S/C19H18N4O2/c1-12-8-13(2)10-14(9-12)21-19(25)16-11-17(18(20)24)23(22-16)15-6-4-3-5-7-15/h3-11H,1-2H3,(H2,20,24)(H,21,25). The van der Waals surface area contributed by atoms with E-state index < -0.39 is 11.8 Å². The molecule has 3 aromatic rings. The van der Waals surface area contributed by atoms with Crippen molar-refractivity contribution in [3.05, 3.63) is 77.1 Å². The van der Waals surface area contributed by atoms with E-state index in [1.807, 2.05) is 50.2 Å². The molecule has 0 radical (unpaired) electrons. The number of para-hydroxylation sites is 1. The second-order valence-corrected chi connectivity index (χ2v) is 5.86. The Bertz CT molecular complexity index is 925. The van der Waals surface area contributed by atoms with Crippen LogP contribution in [0.1, 0.15) is 32.1 Å². The van der Waals surface area contributed by atoms with E-state index in [2.05, 4.69) is 10.4 Å². The number of benzene rings is 2. The lowest BCUT2D eigenvalue weighted by Crippen LogP contribution is -2.16. The average Bonchev–Trinajstić information content (AvgIpc) is 3.00. The molecule has 126 valence electrons. The molecule has 0 fully saturated rings. The smallest absolute Gasteiger partial charge is 0.276 e. The summed E-state index contributed by atoms with van der Waals surface area (Å²) in [4.78, 5) is 24.2. The van der Waals surface area contributed by atoms with Crippen LogP contribution < -0.4 is 11.1 Å². The molecule has 0 aliphatic rings. The number of primary amides is 1. The minimum absolute atomic E-state index is 0.122. The fraction of sp³-hybridized carbons (Fsp3) is 0.105. The summed E-state index contributed by atoms with van der Waals surface area (Å²) >= 11 is 0. The van der Waals surface area contributed by atoms with Gasteiger partial charge < -0.3 is 11.1 Å². The van der Waals surface area contributed by atoms with Crippen molar-refractivity contribution in [2.75, 3.05) is 5.32 Å². The molecule has 6 heteroatoms. The zero-order valence-electron chi connectivity index (χ0n) is 14.0. The molecule has 1 aromatic heterocycles. The van der Waals surface area contributed by atoms with Crippen molar-refractivity contribution in [1.82, 2.24) is 9.78 Å². The topological polar surface area (TPSA) is 90.0 Å². The largest absolute Gasteiger partial charge is 0.364 e. The number of rotatable bonds is 4. The predicted molar refractivity (Wildman–Crippen MR) is 96.0 cm³/mol. The Kier molecular flexibility index (Phi) is 4.35. The van der Waals surface area contributed by atoms with Crippen molar-refractivity contribution in [2.45, 2.75) is 13.8 Å². The molecule has 2 aromatic carbocycles. The summed E-state index contributed by atoms with van der Waals surface area (Å²) in [7, 11) is 0. The molecule has 0 saturated heterocycles. The summed E-state index contributed by atoms with van der Waals surface area (Å²) in [6.07, 6.45) is 0. The molecule has 0 unspecified atom stereocenters. The highest BCUT2D eigenvalue weighted by atomic mass is 16.2. The number of hydrogen-bond acceptors (Lipinski definition) is 3. The van der Waals surface area contributed by atoms with Gasteiger partial charge in [0.15, 0.2) is 5.69 Å². The monoisotopic (exact) mass is 334 g/mol. The van der Waals surface area contributed by atoms with Crippen molar-refractivity contribution in [3.8, 4) is 5.69 Å². The molecule has 0 saturated carbocycles. The van der Waals surface area contributed by atoms with Gasteiger partial charge in [-0.25, -0.2) is 4.68 Å². The van der Waals surface area contributed by atoms with Crippen LogP contribution in [0.15, 0.2) is 54.6 Å². The second kappa shape index (κ2) is 6.60. The number of amides is 2. The summed E-state index contributed by atoms with van der Waals surface area (Å²) in [6, 6.07) is 16.2. The van der Waals surface area contributed by atoms with Crippen molar-refractivity contribution >= 4 is 17.5 Å².